The Kier molecular flexibility index (Phi) is 1.40. The van der Waals surface area contributed by atoms with E-state index in [9.17, 15) is 4.79 Å². The third kappa shape index (κ3) is 0.790. The predicted molar refractivity (Wildman–Crippen MR) is 36.5 cm³/mol. The summed E-state index contributed by atoms with van der Waals surface area (Å²) in [5, 5.41) is 11.2. The number of thiol groups is 1. The van der Waals surface area contributed by atoms with Crippen molar-refractivity contribution in [3.63, 3.8) is 0 Å². The third-order valence-electron chi connectivity index (χ3n) is 1.34. The highest BCUT2D eigenvalue weighted by molar-refractivity contribution is 7.80. The molecule has 1 rings (SSSR count). The van der Waals surface area contributed by atoms with E-state index in [-0.39, 0.29) is 0 Å². The smallest absolute Gasteiger partial charge is 0.334 e. The zero-order valence-electron chi connectivity index (χ0n) is 4.66. The summed E-state index contributed by atoms with van der Waals surface area (Å²) >= 11 is 3.88. The van der Waals surface area contributed by atoms with Gasteiger partial charge in [0.1, 0.15) is 0 Å². The van der Waals surface area contributed by atoms with Crippen LogP contribution in [0.2, 0.25) is 0 Å². The predicted octanol–water partition coefficient (Wildman–Crippen LogP) is -0.144. The van der Waals surface area contributed by atoms with E-state index in [2.05, 4.69) is 17.9 Å². The molecular formula is C5H7NO2S. The van der Waals surface area contributed by atoms with E-state index in [1.165, 1.54) is 0 Å². The normalized spacial score (nSPS) is 30.8. The summed E-state index contributed by atoms with van der Waals surface area (Å²) in [7, 11) is 0. The summed E-state index contributed by atoms with van der Waals surface area (Å²) in [5.74, 6) is -0.584. The second-order valence-electron chi connectivity index (χ2n) is 1.91. The number of carboxylic acid groups (broad SMARTS) is 1. The van der Waals surface area contributed by atoms with Gasteiger partial charge in [-0.15, -0.1) is 0 Å². The minimum atomic E-state index is -0.886. The van der Waals surface area contributed by atoms with Gasteiger partial charge in [0.15, 0.2) is 5.54 Å². The molecule has 0 saturated carbocycles. The van der Waals surface area contributed by atoms with Crippen molar-refractivity contribution in [3.8, 4) is 0 Å². The summed E-state index contributed by atoms with van der Waals surface area (Å²) in [6, 6.07) is 0. The molecule has 0 amide bonds. The van der Waals surface area contributed by atoms with Crippen molar-refractivity contribution in [1.82, 2.24) is 5.32 Å². The average molecular weight is 145 g/mol. The van der Waals surface area contributed by atoms with Gasteiger partial charge in [-0.3, -0.25) is 0 Å². The Labute approximate surface area is 58.2 Å². The Balaban J connectivity index is 2.70. The van der Waals surface area contributed by atoms with E-state index >= 15 is 0 Å². The Morgan fingerprint density at radius 2 is 2.44 bits per heavy atom. The minimum absolute atomic E-state index is 0.291. The molecule has 1 aliphatic heterocycles. The summed E-state index contributed by atoms with van der Waals surface area (Å²) in [6.45, 7) is 0. The summed E-state index contributed by atoms with van der Waals surface area (Å²) in [5.41, 5.74) is -0.886. The van der Waals surface area contributed by atoms with Crippen LogP contribution in [0, 0.1) is 0 Å². The van der Waals surface area contributed by atoms with Gasteiger partial charge in [0.25, 0.3) is 0 Å². The molecule has 0 aromatic carbocycles. The maximum Gasteiger partial charge on any atom is 0.334 e. The van der Waals surface area contributed by atoms with Crippen molar-refractivity contribution in [3.05, 3.63) is 12.3 Å². The van der Waals surface area contributed by atoms with Gasteiger partial charge in [-0.05, 0) is 12.3 Å². The Bertz CT molecular complexity index is 168. The van der Waals surface area contributed by atoms with Gasteiger partial charge in [-0.2, -0.15) is 12.6 Å². The second kappa shape index (κ2) is 1.95. The van der Waals surface area contributed by atoms with E-state index in [4.69, 9.17) is 5.11 Å². The van der Waals surface area contributed by atoms with Crippen LogP contribution in [0.3, 0.4) is 0 Å². The van der Waals surface area contributed by atoms with Crippen molar-refractivity contribution < 1.29 is 9.90 Å². The van der Waals surface area contributed by atoms with Crippen molar-refractivity contribution in [2.75, 3.05) is 5.75 Å². The fourth-order valence-corrected chi connectivity index (χ4v) is 0.915. The Hall–Kier alpha value is -0.640. The van der Waals surface area contributed by atoms with Crippen LogP contribution in [0.4, 0.5) is 0 Å². The molecule has 1 atom stereocenters. The van der Waals surface area contributed by atoms with Crippen LogP contribution >= 0.6 is 12.6 Å². The highest BCUT2D eigenvalue weighted by Gasteiger charge is 2.37. The largest absolute Gasteiger partial charge is 0.479 e. The molecule has 0 unspecified atom stereocenters. The Morgan fingerprint density at radius 3 is 2.44 bits per heavy atom. The highest BCUT2D eigenvalue weighted by atomic mass is 32.1. The number of aliphatic carboxylic acids is 1. The molecule has 0 aliphatic carbocycles. The standard InChI is InChI=1S/C5H7NO2S/c7-4(8)5(3-9)1-2-6-5/h1-2,6,9H,3H2,(H,7,8)/t5-/m0/s1. The lowest BCUT2D eigenvalue weighted by molar-refractivity contribution is -0.142. The number of hydrogen-bond acceptors (Lipinski definition) is 3. The lowest BCUT2D eigenvalue weighted by atomic mass is 9.98. The van der Waals surface area contributed by atoms with E-state index < -0.39 is 11.5 Å². The molecule has 0 aromatic heterocycles. The van der Waals surface area contributed by atoms with Crippen molar-refractivity contribution in [2.45, 2.75) is 5.54 Å². The fourth-order valence-electron chi connectivity index (χ4n) is 0.584. The molecule has 0 bridgehead atoms. The number of hydrogen-bond donors (Lipinski definition) is 3. The van der Waals surface area contributed by atoms with E-state index in [0.717, 1.165) is 0 Å². The highest BCUT2D eigenvalue weighted by Crippen LogP contribution is 2.15. The number of nitrogens with one attached hydrogen (secondary N) is 1. The average Bonchev–Trinajstić information content (AvgIpc) is 1.62. The maximum absolute atomic E-state index is 10.4. The van der Waals surface area contributed by atoms with Gasteiger partial charge in [0.2, 0.25) is 0 Å². The first-order valence-corrected chi connectivity index (χ1v) is 3.14. The molecule has 1 heterocycles. The van der Waals surface area contributed by atoms with E-state index in [1.54, 1.807) is 12.3 Å². The number of carboxylic acids is 1. The summed E-state index contributed by atoms with van der Waals surface area (Å²) in [4.78, 5) is 10.4. The van der Waals surface area contributed by atoms with Crippen LogP contribution in [-0.2, 0) is 4.79 Å². The molecule has 0 spiro atoms. The van der Waals surface area contributed by atoms with Crippen molar-refractivity contribution >= 4 is 18.6 Å². The molecule has 0 fully saturated rings. The first-order chi connectivity index (χ1) is 4.21. The fraction of sp³-hybridized carbons (Fsp3) is 0.400. The molecule has 0 radical (unpaired) electrons. The van der Waals surface area contributed by atoms with Gasteiger partial charge >= 0.3 is 5.97 Å². The minimum Gasteiger partial charge on any atom is -0.479 e. The second-order valence-corrected chi connectivity index (χ2v) is 2.23. The molecule has 0 saturated heterocycles. The van der Waals surface area contributed by atoms with Crippen molar-refractivity contribution in [1.29, 1.82) is 0 Å². The first kappa shape index (κ1) is 6.48. The topological polar surface area (TPSA) is 49.3 Å². The monoisotopic (exact) mass is 145 g/mol. The Morgan fingerprint density at radius 1 is 1.89 bits per heavy atom. The van der Waals surface area contributed by atoms with Gasteiger partial charge in [0.05, 0.1) is 0 Å². The molecule has 50 valence electrons. The molecule has 3 nitrogen and oxygen atoms in total. The summed E-state index contributed by atoms with van der Waals surface area (Å²) < 4.78 is 0. The SMILES string of the molecule is O=C(O)[C@@]1(CS)C=CN1. The lowest BCUT2D eigenvalue weighted by Crippen LogP contribution is -2.55. The zero-order valence-corrected chi connectivity index (χ0v) is 5.56. The van der Waals surface area contributed by atoms with Gasteiger partial charge in [0, 0.05) is 5.75 Å². The van der Waals surface area contributed by atoms with E-state index in [0.29, 0.717) is 5.75 Å². The zero-order chi connectivity index (χ0) is 6.91. The first-order valence-electron chi connectivity index (χ1n) is 2.51. The van der Waals surface area contributed by atoms with Crippen LogP contribution in [0.1, 0.15) is 0 Å². The number of rotatable bonds is 2. The maximum atomic E-state index is 10.4. The molecule has 4 heteroatoms. The van der Waals surface area contributed by atoms with Crippen LogP contribution in [0.15, 0.2) is 12.3 Å². The molecular weight excluding hydrogens is 138 g/mol. The van der Waals surface area contributed by atoms with Crippen LogP contribution in [-0.4, -0.2) is 22.4 Å². The molecule has 0 aromatic rings. The van der Waals surface area contributed by atoms with Crippen molar-refractivity contribution in [2.24, 2.45) is 0 Å². The van der Waals surface area contributed by atoms with E-state index in [1.807, 2.05) is 0 Å². The lowest BCUT2D eigenvalue weighted by Gasteiger charge is -2.31. The molecule has 1 aliphatic rings. The molecule has 2 N–H and O–H groups in total. The third-order valence-corrected chi connectivity index (χ3v) is 1.84. The van der Waals surface area contributed by atoms with Gasteiger partial charge in [-0.1, -0.05) is 0 Å². The van der Waals surface area contributed by atoms with Crippen LogP contribution in [0.5, 0.6) is 0 Å². The molecule has 9 heavy (non-hydrogen) atoms. The summed E-state index contributed by atoms with van der Waals surface area (Å²) in [6.07, 6.45) is 3.19. The number of carbonyl (C=O) groups is 1. The quantitative estimate of drug-likeness (QED) is 0.474. The van der Waals surface area contributed by atoms with Crippen LogP contribution < -0.4 is 5.32 Å². The van der Waals surface area contributed by atoms with Crippen LogP contribution in [0.25, 0.3) is 0 Å². The van der Waals surface area contributed by atoms with Gasteiger partial charge in [-0.25, -0.2) is 4.79 Å². The van der Waals surface area contributed by atoms with Gasteiger partial charge < -0.3 is 10.4 Å².